The number of azide groups is 2. The number of H-pyrrole nitrogens is 1. The Labute approximate surface area is 333 Å². The summed E-state index contributed by atoms with van der Waals surface area (Å²) >= 11 is 0. The number of hydrogen-bond acceptors (Lipinski definition) is 19. The first-order valence-corrected chi connectivity index (χ1v) is 19.9. The zero-order valence-corrected chi connectivity index (χ0v) is 33.0. The summed E-state index contributed by atoms with van der Waals surface area (Å²) in [5.41, 5.74) is 21.2. The molecule has 0 aliphatic carbocycles. The van der Waals surface area contributed by atoms with Crippen LogP contribution in [0.2, 0.25) is 0 Å². The molecule has 1 aromatic heterocycles. The smallest absolute Gasteiger partial charge is 0.491 e. The van der Waals surface area contributed by atoms with Gasteiger partial charge >= 0.3 is 30.5 Å². The minimum absolute atomic E-state index is 0.0833. The highest BCUT2D eigenvalue weighted by molar-refractivity contribution is 7.56. The second-order valence-corrected chi connectivity index (χ2v) is 13.7. The highest BCUT2D eigenvalue weighted by Gasteiger charge is 2.43. The number of nitrogens with two attached hydrogens (primary N) is 1. The average Bonchev–Trinajstić information content (AvgIpc) is 3.62. The number of hydrogen-bond donors (Lipinski definition) is 5. The summed E-state index contributed by atoms with van der Waals surface area (Å²) in [6.07, 6.45) is -3.61. The van der Waals surface area contributed by atoms with Gasteiger partial charge in [-0.3, -0.25) is 33.4 Å². The molecule has 0 bridgehead atoms. The van der Waals surface area contributed by atoms with Crippen LogP contribution < -0.4 is 32.4 Å². The van der Waals surface area contributed by atoms with Gasteiger partial charge in [0.25, 0.3) is 11.5 Å². The zero-order valence-electron chi connectivity index (χ0n) is 30.3. The molecule has 6 N–H and O–H groups in total. The molecule has 0 saturated carbocycles. The van der Waals surface area contributed by atoms with Crippen LogP contribution in [0.15, 0.2) is 50.3 Å². The highest BCUT2D eigenvalue weighted by atomic mass is 31.2. The molecule has 31 heteroatoms. The largest absolute Gasteiger partial charge is 0.740 e. The standard InChI is InChI=1S/C28H34N11O17P3/c29-6-8-33-26(41)18-3-1-5-20(11-18)50-16-24(36-38-31)49-10-9-48-15-23(40)32-7-2-4-19-13-39(28(43)35-27(19)42)25-12-21(51-17-34-37-30)22(53-25)14-52-59(46,47)56-58(45)55-54-57-44/h1,3,5,11,13,21-22,24-25H,6-10,12,14-17,29H2,(H3-,32,33,35,40,41,42,43,46,47)/p+1. The molecular formula is C28H35N11O17P3+. The summed E-state index contributed by atoms with van der Waals surface area (Å²) in [6.45, 7) is -1.73. The molecule has 1 fully saturated rings. The lowest BCUT2D eigenvalue weighted by molar-refractivity contribution is -0.126. The highest BCUT2D eigenvalue weighted by Crippen LogP contribution is 2.53. The molecule has 1 aliphatic rings. The number of aromatic amines is 1. The van der Waals surface area contributed by atoms with Gasteiger partial charge in [0.15, 0.2) is 6.23 Å². The molecule has 2 aromatic rings. The van der Waals surface area contributed by atoms with Crippen molar-refractivity contribution in [3.63, 3.8) is 0 Å². The van der Waals surface area contributed by atoms with E-state index < -0.39 is 86.5 Å². The van der Waals surface area contributed by atoms with Crippen LogP contribution in [0.3, 0.4) is 0 Å². The topological polar surface area (TPSA) is 391 Å². The first-order chi connectivity index (χ1) is 28.4. The van der Waals surface area contributed by atoms with Gasteiger partial charge in [0, 0.05) is 45.7 Å². The van der Waals surface area contributed by atoms with Gasteiger partial charge < -0.3 is 40.1 Å². The van der Waals surface area contributed by atoms with Crippen molar-refractivity contribution < 1.29 is 70.0 Å². The van der Waals surface area contributed by atoms with Crippen molar-refractivity contribution in [1.29, 1.82) is 0 Å². The molecule has 6 atom stereocenters. The molecule has 0 spiro atoms. The van der Waals surface area contributed by atoms with Crippen LogP contribution in [0.5, 0.6) is 5.75 Å². The van der Waals surface area contributed by atoms with E-state index in [2.05, 4.69) is 61.2 Å². The number of phosphoric acid groups is 1. The number of amides is 2. The second kappa shape index (κ2) is 26.1. The summed E-state index contributed by atoms with van der Waals surface area (Å²) in [6, 6.07) is 6.28. The van der Waals surface area contributed by atoms with Gasteiger partial charge in [0.2, 0.25) is 5.91 Å². The quantitative estimate of drug-likeness (QED) is 0.0130. The molecular weight excluding hydrogens is 855 g/mol. The van der Waals surface area contributed by atoms with Crippen LogP contribution >= 0.6 is 24.8 Å². The first kappa shape index (κ1) is 48.2. The lowest BCUT2D eigenvalue weighted by atomic mass is 10.2. The number of phosphoric ester groups is 1. The summed E-state index contributed by atoms with van der Waals surface area (Å²) in [7, 11) is -9.55. The van der Waals surface area contributed by atoms with E-state index >= 15 is 0 Å². The van der Waals surface area contributed by atoms with E-state index in [0.717, 1.165) is 10.8 Å². The molecule has 2 amide bonds. The second-order valence-electron chi connectivity index (χ2n) is 11.0. The van der Waals surface area contributed by atoms with Gasteiger partial charge in [-0.25, -0.2) is 13.9 Å². The van der Waals surface area contributed by atoms with E-state index in [9.17, 15) is 37.8 Å². The number of ether oxygens (including phenoxy) is 5. The van der Waals surface area contributed by atoms with Crippen molar-refractivity contribution in [2.75, 3.05) is 59.4 Å². The molecule has 318 valence electrons. The van der Waals surface area contributed by atoms with Crippen LogP contribution in [0, 0.1) is 11.8 Å². The molecule has 28 nitrogen and oxygen atoms in total. The van der Waals surface area contributed by atoms with Crippen LogP contribution in [0.4, 0.5) is 0 Å². The molecule has 1 aliphatic heterocycles. The number of benzene rings is 1. The fraction of sp³-hybridized carbons (Fsp3) is 0.500. The Morgan fingerprint density at radius 3 is 2.81 bits per heavy atom. The van der Waals surface area contributed by atoms with E-state index in [0.29, 0.717) is 17.9 Å². The molecule has 59 heavy (non-hydrogen) atoms. The van der Waals surface area contributed by atoms with Crippen molar-refractivity contribution >= 4 is 36.6 Å². The van der Waals surface area contributed by atoms with Gasteiger partial charge in [-0.15, -0.1) is 0 Å². The molecule has 1 saturated heterocycles. The van der Waals surface area contributed by atoms with E-state index in [1.54, 1.807) is 18.2 Å². The van der Waals surface area contributed by atoms with Crippen molar-refractivity contribution in [3.8, 4) is 17.6 Å². The van der Waals surface area contributed by atoms with E-state index in [4.69, 9.17) is 45.0 Å². The fourth-order valence-corrected chi connectivity index (χ4v) is 6.20. The number of carbonyl (C=O) groups is 2. The van der Waals surface area contributed by atoms with Gasteiger partial charge in [0.05, 0.1) is 37.1 Å². The first-order valence-electron chi connectivity index (χ1n) is 16.5. The average molecular weight is 891 g/mol. The van der Waals surface area contributed by atoms with Crippen LogP contribution in [0.25, 0.3) is 20.9 Å². The SMILES string of the molecule is [N-]=[N+]=NCOC1CC(n2cc(C#CCNC(=O)COCCOC(COc3cccc(C(=O)NCCN)c3)N=[N+]=[N-])c(=O)[nH]c2=O)OC1COP(=O)(O)O[P+](=O)OOP=O. The Bertz CT molecular complexity index is 2100. The molecule has 1 aromatic carbocycles. The van der Waals surface area contributed by atoms with Crippen LogP contribution in [0.1, 0.15) is 28.6 Å². The number of aromatic nitrogens is 2. The van der Waals surface area contributed by atoms with Crippen molar-refractivity contribution in [2.45, 2.75) is 31.1 Å². The van der Waals surface area contributed by atoms with E-state index in [-0.39, 0.29) is 50.8 Å². The Morgan fingerprint density at radius 2 is 2.07 bits per heavy atom. The number of rotatable bonds is 26. The summed E-state index contributed by atoms with van der Waals surface area (Å²) in [4.78, 5) is 66.7. The fourth-order valence-electron chi connectivity index (χ4n) is 4.57. The van der Waals surface area contributed by atoms with Crippen molar-refractivity contribution in [3.05, 3.63) is 83.3 Å². The normalized spacial score (nSPS) is 17.6. The third-order valence-corrected chi connectivity index (χ3v) is 9.32. The Balaban J connectivity index is 1.49. The summed E-state index contributed by atoms with van der Waals surface area (Å²) < 4.78 is 79.0. The van der Waals surface area contributed by atoms with E-state index in [1.807, 2.05) is 0 Å². The predicted octanol–water partition coefficient (Wildman–Crippen LogP) is 1.33. The molecule has 0 radical (unpaired) electrons. The predicted molar refractivity (Wildman–Crippen MR) is 196 cm³/mol. The lowest BCUT2D eigenvalue weighted by Crippen LogP contribution is -2.34. The molecule has 6 unspecified atom stereocenters. The third-order valence-electron chi connectivity index (χ3n) is 7.03. The lowest BCUT2D eigenvalue weighted by Gasteiger charge is -2.18. The van der Waals surface area contributed by atoms with Gasteiger partial charge in [0.1, 0.15) is 43.6 Å². The minimum Gasteiger partial charge on any atom is -0.491 e. The number of nitrogens with zero attached hydrogens (tertiary/aromatic N) is 7. The van der Waals surface area contributed by atoms with Crippen molar-refractivity contribution in [1.82, 2.24) is 20.2 Å². The molecule has 3 rings (SSSR count). The third kappa shape index (κ3) is 17.7. The number of carbonyl (C=O) groups excluding carboxylic acids is 2. The van der Waals surface area contributed by atoms with Gasteiger partial charge in [-0.05, 0) is 33.6 Å². The van der Waals surface area contributed by atoms with E-state index in [1.165, 1.54) is 6.07 Å². The van der Waals surface area contributed by atoms with Crippen LogP contribution in [-0.2, 0) is 55.6 Å². The van der Waals surface area contributed by atoms with Gasteiger partial charge in [-0.1, -0.05) is 32.8 Å². The summed E-state index contributed by atoms with van der Waals surface area (Å²) in [5.74, 6) is 4.46. The maximum Gasteiger partial charge on any atom is 0.740 e. The zero-order chi connectivity index (χ0) is 43.0. The van der Waals surface area contributed by atoms with Gasteiger partial charge in [-0.2, -0.15) is 0 Å². The maximum absolute atomic E-state index is 12.7. The summed E-state index contributed by atoms with van der Waals surface area (Å²) in [5, 5.41) is 11.8. The number of nitrogens with one attached hydrogen (secondary N) is 3. The monoisotopic (exact) mass is 890 g/mol. The van der Waals surface area contributed by atoms with Crippen LogP contribution in [-0.4, -0.2) is 104 Å². The van der Waals surface area contributed by atoms with Crippen molar-refractivity contribution in [2.24, 2.45) is 16.0 Å². The Morgan fingerprint density at radius 1 is 1.25 bits per heavy atom. The Kier molecular flexibility index (Phi) is 21.3. The minimum atomic E-state index is -5.09. The maximum atomic E-state index is 12.7. The Hall–Kier alpha value is -5.15. The molecule has 2 heterocycles.